The predicted molar refractivity (Wildman–Crippen MR) is 83.4 cm³/mol. The van der Waals surface area contributed by atoms with Crippen LogP contribution in [0.4, 0.5) is 0 Å². The van der Waals surface area contributed by atoms with Crippen molar-refractivity contribution in [1.82, 2.24) is 4.90 Å². The average Bonchev–Trinajstić information content (AvgIpc) is 2.38. The molecule has 0 bridgehead atoms. The lowest BCUT2D eigenvalue weighted by Gasteiger charge is -2.31. The van der Waals surface area contributed by atoms with E-state index in [9.17, 15) is 4.79 Å². The van der Waals surface area contributed by atoms with Crippen LogP contribution in [0.2, 0.25) is 0 Å². The van der Waals surface area contributed by atoms with Gasteiger partial charge in [-0.1, -0.05) is 41.4 Å². The third-order valence-electron chi connectivity index (χ3n) is 3.44. The SMILES string of the molecule is CCCC(N)C(=O)N1CCc2c(Br)cccc2C1.Cl. The monoisotopic (exact) mass is 346 g/mol. The third kappa shape index (κ3) is 3.71. The number of nitrogens with zero attached hydrogens (tertiary/aromatic N) is 1. The van der Waals surface area contributed by atoms with Gasteiger partial charge in [-0.2, -0.15) is 0 Å². The Morgan fingerprint density at radius 2 is 2.26 bits per heavy atom. The Labute approximate surface area is 129 Å². The molecule has 0 radical (unpaired) electrons. The Hall–Kier alpha value is -0.580. The fraction of sp³-hybridized carbons (Fsp3) is 0.500. The minimum Gasteiger partial charge on any atom is -0.337 e. The molecule has 3 nitrogen and oxygen atoms in total. The maximum Gasteiger partial charge on any atom is 0.239 e. The third-order valence-corrected chi connectivity index (χ3v) is 4.18. The van der Waals surface area contributed by atoms with E-state index in [-0.39, 0.29) is 24.4 Å². The first kappa shape index (κ1) is 16.5. The fourth-order valence-corrected chi connectivity index (χ4v) is 3.03. The van der Waals surface area contributed by atoms with Gasteiger partial charge in [-0.15, -0.1) is 12.4 Å². The summed E-state index contributed by atoms with van der Waals surface area (Å²) in [6, 6.07) is 5.82. The van der Waals surface area contributed by atoms with Crippen molar-refractivity contribution in [2.45, 2.75) is 38.8 Å². The average molecular weight is 348 g/mol. The zero-order valence-electron chi connectivity index (χ0n) is 11.1. The number of hydrogen-bond donors (Lipinski definition) is 1. The van der Waals surface area contributed by atoms with E-state index in [2.05, 4.69) is 35.0 Å². The summed E-state index contributed by atoms with van der Waals surface area (Å²) in [5.74, 6) is 0.0856. The smallest absolute Gasteiger partial charge is 0.239 e. The van der Waals surface area contributed by atoms with Crippen LogP contribution < -0.4 is 5.73 Å². The standard InChI is InChI=1S/C14H19BrN2O.ClH/c1-2-4-13(16)14(18)17-8-7-11-10(9-17)5-3-6-12(11)15;/h3,5-6,13H,2,4,7-9,16H2,1H3;1H. The van der Waals surface area contributed by atoms with Crippen molar-refractivity contribution in [3.63, 3.8) is 0 Å². The van der Waals surface area contributed by atoms with Crippen LogP contribution in [0.25, 0.3) is 0 Å². The van der Waals surface area contributed by atoms with Gasteiger partial charge >= 0.3 is 0 Å². The predicted octanol–water partition coefficient (Wildman–Crippen LogP) is 2.88. The molecule has 0 spiro atoms. The highest BCUT2D eigenvalue weighted by atomic mass is 79.9. The maximum absolute atomic E-state index is 12.2. The van der Waals surface area contributed by atoms with Gasteiger partial charge in [0.15, 0.2) is 0 Å². The molecule has 19 heavy (non-hydrogen) atoms. The first-order chi connectivity index (χ1) is 8.63. The zero-order chi connectivity index (χ0) is 13.1. The molecule has 0 saturated heterocycles. The molecule has 1 heterocycles. The molecule has 106 valence electrons. The second kappa shape index (κ2) is 7.27. The summed E-state index contributed by atoms with van der Waals surface area (Å²) in [5, 5.41) is 0. The van der Waals surface area contributed by atoms with Gasteiger partial charge in [-0.05, 0) is 30.0 Å². The summed E-state index contributed by atoms with van der Waals surface area (Å²) in [6.45, 7) is 3.51. The van der Waals surface area contributed by atoms with Gasteiger partial charge in [-0.25, -0.2) is 0 Å². The summed E-state index contributed by atoms with van der Waals surface area (Å²) in [6.07, 6.45) is 2.62. The Morgan fingerprint density at radius 1 is 1.53 bits per heavy atom. The first-order valence-corrected chi connectivity index (χ1v) is 7.23. The molecular formula is C14H20BrClN2O. The summed E-state index contributed by atoms with van der Waals surface area (Å²) < 4.78 is 1.14. The lowest BCUT2D eigenvalue weighted by atomic mass is 9.99. The number of rotatable bonds is 3. The summed E-state index contributed by atoms with van der Waals surface area (Å²) in [5.41, 5.74) is 8.46. The van der Waals surface area contributed by atoms with Crippen molar-refractivity contribution in [1.29, 1.82) is 0 Å². The number of carbonyl (C=O) groups excluding carboxylic acids is 1. The van der Waals surface area contributed by atoms with Crippen LogP contribution >= 0.6 is 28.3 Å². The molecule has 1 unspecified atom stereocenters. The molecule has 1 atom stereocenters. The van der Waals surface area contributed by atoms with Crippen molar-refractivity contribution in [3.05, 3.63) is 33.8 Å². The van der Waals surface area contributed by atoms with Gasteiger partial charge in [0.1, 0.15) is 0 Å². The highest BCUT2D eigenvalue weighted by molar-refractivity contribution is 9.10. The van der Waals surface area contributed by atoms with Crippen molar-refractivity contribution in [2.75, 3.05) is 6.54 Å². The first-order valence-electron chi connectivity index (χ1n) is 6.44. The fourth-order valence-electron chi connectivity index (χ4n) is 2.42. The molecule has 0 fully saturated rings. The van der Waals surface area contributed by atoms with Crippen LogP contribution in [0, 0.1) is 0 Å². The Morgan fingerprint density at radius 3 is 2.95 bits per heavy atom. The lowest BCUT2D eigenvalue weighted by molar-refractivity contribution is -0.133. The van der Waals surface area contributed by atoms with Gasteiger partial charge in [0.2, 0.25) is 5.91 Å². The van der Waals surface area contributed by atoms with E-state index < -0.39 is 0 Å². The van der Waals surface area contributed by atoms with Gasteiger partial charge in [0.05, 0.1) is 6.04 Å². The van der Waals surface area contributed by atoms with Crippen LogP contribution in [0.1, 0.15) is 30.9 Å². The maximum atomic E-state index is 12.2. The number of nitrogens with two attached hydrogens (primary N) is 1. The molecular weight excluding hydrogens is 328 g/mol. The van der Waals surface area contributed by atoms with E-state index in [1.54, 1.807) is 0 Å². The number of amides is 1. The number of hydrogen-bond acceptors (Lipinski definition) is 2. The van der Waals surface area contributed by atoms with Gasteiger partial charge in [-0.3, -0.25) is 4.79 Å². The second-order valence-electron chi connectivity index (χ2n) is 4.78. The van der Waals surface area contributed by atoms with E-state index in [1.165, 1.54) is 11.1 Å². The number of benzene rings is 1. The van der Waals surface area contributed by atoms with E-state index in [4.69, 9.17) is 5.73 Å². The number of halogens is 2. The molecule has 1 amide bonds. The highest BCUT2D eigenvalue weighted by Gasteiger charge is 2.25. The molecule has 0 aromatic heterocycles. The van der Waals surface area contributed by atoms with Crippen LogP contribution in [-0.2, 0) is 17.8 Å². The van der Waals surface area contributed by atoms with Crippen molar-refractivity contribution in [3.8, 4) is 0 Å². The summed E-state index contributed by atoms with van der Waals surface area (Å²) >= 11 is 3.56. The highest BCUT2D eigenvalue weighted by Crippen LogP contribution is 2.26. The minimum atomic E-state index is -0.344. The molecule has 0 saturated carbocycles. The van der Waals surface area contributed by atoms with Gasteiger partial charge in [0, 0.05) is 17.6 Å². The number of fused-ring (bicyclic) bond motifs is 1. The van der Waals surface area contributed by atoms with Crippen molar-refractivity contribution < 1.29 is 4.79 Å². The second-order valence-corrected chi connectivity index (χ2v) is 5.64. The molecule has 1 aliphatic heterocycles. The van der Waals surface area contributed by atoms with E-state index in [0.29, 0.717) is 6.54 Å². The zero-order valence-corrected chi connectivity index (χ0v) is 13.5. The summed E-state index contributed by atoms with van der Waals surface area (Å²) in [7, 11) is 0. The van der Waals surface area contributed by atoms with E-state index in [1.807, 2.05) is 11.0 Å². The van der Waals surface area contributed by atoms with Crippen LogP contribution in [-0.4, -0.2) is 23.4 Å². The Balaban J connectivity index is 0.00000180. The van der Waals surface area contributed by atoms with E-state index in [0.717, 1.165) is 30.3 Å². The largest absolute Gasteiger partial charge is 0.337 e. The van der Waals surface area contributed by atoms with Gasteiger partial charge < -0.3 is 10.6 Å². The van der Waals surface area contributed by atoms with Crippen LogP contribution in [0.5, 0.6) is 0 Å². The molecule has 1 aromatic rings. The quantitative estimate of drug-likeness (QED) is 0.914. The molecule has 0 aliphatic carbocycles. The van der Waals surface area contributed by atoms with Crippen LogP contribution in [0.3, 0.4) is 0 Å². The lowest BCUT2D eigenvalue weighted by Crippen LogP contribution is -2.45. The van der Waals surface area contributed by atoms with Gasteiger partial charge in [0.25, 0.3) is 0 Å². The molecule has 5 heteroatoms. The van der Waals surface area contributed by atoms with Crippen molar-refractivity contribution in [2.24, 2.45) is 5.73 Å². The Bertz CT molecular complexity index is 453. The number of carbonyl (C=O) groups is 1. The topological polar surface area (TPSA) is 46.3 Å². The normalized spacial score (nSPS) is 15.4. The van der Waals surface area contributed by atoms with Crippen LogP contribution in [0.15, 0.2) is 22.7 Å². The molecule has 2 rings (SSSR count). The van der Waals surface area contributed by atoms with E-state index >= 15 is 0 Å². The molecule has 2 N–H and O–H groups in total. The Kier molecular flexibility index (Phi) is 6.30. The van der Waals surface area contributed by atoms with Crippen molar-refractivity contribution >= 4 is 34.2 Å². The minimum absolute atomic E-state index is 0. The molecule has 1 aromatic carbocycles. The molecule has 1 aliphatic rings. The summed E-state index contributed by atoms with van der Waals surface area (Å²) in [4.78, 5) is 14.1.